The number of pyridine rings is 2. The molecular formula is C23H15BrN2. The summed E-state index contributed by atoms with van der Waals surface area (Å²) in [6.45, 7) is 0. The molecule has 2 nitrogen and oxygen atoms in total. The van der Waals surface area contributed by atoms with Gasteiger partial charge in [0.15, 0.2) is 0 Å². The van der Waals surface area contributed by atoms with Crippen LogP contribution in [0, 0.1) is 5.92 Å². The van der Waals surface area contributed by atoms with Gasteiger partial charge in [0.05, 0.1) is 16.8 Å². The third-order valence-corrected chi connectivity index (χ3v) is 6.62. The van der Waals surface area contributed by atoms with Gasteiger partial charge in [-0.15, -0.1) is 0 Å². The van der Waals surface area contributed by atoms with E-state index in [0.717, 1.165) is 15.9 Å². The van der Waals surface area contributed by atoms with E-state index >= 15 is 0 Å². The fourth-order valence-electron chi connectivity index (χ4n) is 5.28. The number of halogens is 1. The Bertz CT molecular complexity index is 1080. The number of benzene rings is 1. The van der Waals surface area contributed by atoms with Crippen LogP contribution >= 0.6 is 15.9 Å². The maximum atomic E-state index is 4.74. The Morgan fingerprint density at radius 3 is 2.23 bits per heavy atom. The van der Waals surface area contributed by atoms with Crippen LogP contribution in [-0.2, 0) is 5.41 Å². The van der Waals surface area contributed by atoms with Crippen molar-refractivity contribution >= 4 is 15.9 Å². The predicted molar refractivity (Wildman–Crippen MR) is 106 cm³/mol. The van der Waals surface area contributed by atoms with Crippen LogP contribution in [0.2, 0.25) is 0 Å². The second-order valence-corrected chi connectivity index (χ2v) is 8.08. The van der Waals surface area contributed by atoms with E-state index in [1.165, 1.54) is 22.3 Å². The van der Waals surface area contributed by atoms with Crippen LogP contribution in [0.25, 0.3) is 11.4 Å². The summed E-state index contributed by atoms with van der Waals surface area (Å²) in [5.74, 6) is 0.715. The molecule has 0 fully saturated rings. The second-order valence-electron chi connectivity index (χ2n) is 7.16. The minimum Gasteiger partial charge on any atom is -0.254 e. The lowest BCUT2D eigenvalue weighted by atomic mass is 9.66. The lowest BCUT2D eigenvalue weighted by molar-refractivity contribution is 0.464. The maximum absolute atomic E-state index is 4.74. The highest BCUT2D eigenvalue weighted by molar-refractivity contribution is 9.10. The van der Waals surface area contributed by atoms with E-state index in [2.05, 4.69) is 82.7 Å². The Kier molecular flexibility index (Phi) is 2.82. The Labute approximate surface area is 160 Å². The molecule has 6 rings (SSSR count). The molecule has 3 heteroatoms. The largest absolute Gasteiger partial charge is 0.254 e. The summed E-state index contributed by atoms with van der Waals surface area (Å²) >= 11 is 3.71. The highest BCUT2D eigenvalue weighted by Crippen LogP contribution is 2.64. The molecule has 26 heavy (non-hydrogen) atoms. The van der Waals surface area contributed by atoms with Crippen molar-refractivity contribution in [2.45, 2.75) is 11.3 Å². The maximum Gasteiger partial charge on any atom is 0.0934 e. The number of nitrogens with zero attached hydrogens (tertiary/aromatic N) is 2. The van der Waals surface area contributed by atoms with Gasteiger partial charge in [-0.1, -0.05) is 58.4 Å². The van der Waals surface area contributed by atoms with Crippen molar-refractivity contribution in [3.8, 4) is 11.4 Å². The molecule has 1 spiro atoms. The first kappa shape index (κ1) is 14.6. The standard InChI is InChI=1S/C23H15BrN2/c24-14-9-10-16-15-5-1-2-6-17(15)23(20(16)13-14)18-7-3-11-25-21(18)22-19(23)8-4-12-26-22/h1-13,15,17H. The summed E-state index contributed by atoms with van der Waals surface area (Å²) in [6.07, 6.45) is 12.8. The van der Waals surface area contributed by atoms with Crippen LogP contribution in [0.15, 0.2) is 83.6 Å². The molecule has 0 saturated carbocycles. The third-order valence-electron chi connectivity index (χ3n) is 6.12. The lowest BCUT2D eigenvalue weighted by Crippen LogP contribution is -2.33. The van der Waals surface area contributed by atoms with Crippen molar-refractivity contribution in [1.29, 1.82) is 0 Å². The van der Waals surface area contributed by atoms with Gasteiger partial charge in [-0.3, -0.25) is 9.97 Å². The van der Waals surface area contributed by atoms with Crippen LogP contribution in [0.1, 0.15) is 28.2 Å². The molecule has 0 aliphatic heterocycles. The van der Waals surface area contributed by atoms with Crippen molar-refractivity contribution in [2.24, 2.45) is 5.92 Å². The molecule has 1 aromatic carbocycles. The van der Waals surface area contributed by atoms with Gasteiger partial charge < -0.3 is 0 Å². The number of fused-ring (bicyclic) bond motifs is 10. The topological polar surface area (TPSA) is 25.8 Å². The first-order valence-corrected chi connectivity index (χ1v) is 9.67. The molecule has 2 unspecified atom stereocenters. The van der Waals surface area contributed by atoms with Crippen molar-refractivity contribution in [3.63, 3.8) is 0 Å². The average Bonchev–Trinajstić information content (AvgIpc) is 3.15. The summed E-state index contributed by atoms with van der Waals surface area (Å²) in [5.41, 5.74) is 7.17. The number of allylic oxidation sites excluding steroid dienone is 4. The summed E-state index contributed by atoms with van der Waals surface area (Å²) in [6, 6.07) is 15.3. The molecule has 3 aliphatic carbocycles. The van der Waals surface area contributed by atoms with Crippen LogP contribution in [0.3, 0.4) is 0 Å². The SMILES string of the molecule is Brc1ccc2c(c1)C1(c3cccnc3-c3ncccc31)C1C=CC=CC21. The molecule has 2 atom stereocenters. The van der Waals surface area contributed by atoms with Crippen LogP contribution in [0.4, 0.5) is 0 Å². The number of hydrogen-bond donors (Lipinski definition) is 0. The molecule has 0 saturated heterocycles. The quantitative estimate of drug-likeness (QED) is 0.506. The minimum atomic E-state index is -0.224. The highest BCUT2D eigenvalue weighted by atomic mass is 79.9. The van der Waals surface area contributed by atoms with E-state index in [1.807, 2.05) is 12.4 Å². The van der Waals surface area contributed by atoms with E-state index in [0.29, 0.717) is 11.8 Å². The van der Waals surface area contributed by atoms with E-state index < -0.39 is 0 Å². The van der Waals surface area contributed by atoms with Crippen LogP contribution < -0.4 is 0 Å². The molecule has 0 radical (unpaired) electrons. The minimum absolute atomic E-state index is 0.224. The normalized spacial score (nSPS) is 22.8. The Morgan fingerprint density at radius 1 is 0.808 bits per heavy atom. The number of aromatic nitrogens is 2. The monoisotopic (exact) mass is 398 g/mol. The van der Waals surface area contributed by atoms with Gasteiger partial charge >= 0.3 is 0 Å². The van der Waals surface area contributed by atoms with E-state index in [1.54, 1.807) is 0 Å². The number of rotatable bonds is 0. The van der Waals surface area contributed by atoms with Crippen LogP contribution in [0.5, 0.6) is 0 Å². The molecule has 2 aromatic heterocycles. The molecule has 124 valence electrons. The zero-order valence-electron chi connectivity index (χ0n) is 13.9. The molecule has 0 bridgehead atoms. The van der Waals surface area contributed by atoms with Gasteiger partial charge in [0.2, 0.25) is 0 Å². The predicted octanol–water partition coefficient (Wildman–Crippen LogP) is 5.39. The molecule has 3 aliphatic rings. The summed E-state index contributed by atoms with van der Waals surface area (Å²) in [5, 5.41) is 0. The average molecular weight is 399 g/mol. The first-order valence-electron chi connectivity index (χ1n) is 8.88. The van der Waals surface area contributed by atoms with Crippen molar-refractivity contribution < 1.29 is 0 Å². The Balaban J connectivity index is 1.81. The second kappa shape index (κ2) is 5.01. The molecular weight excluding hydrogens is 384 g/mol. The highest BCUT2D eigenvalue weighted by Gasteiger charge is 2.57. The first-order chi connectivity index (χ1) is 12.8. The number of hydrogen-bond acceptors (Lipinski definition) is 2. The Hall–Kier alpha value is -2.52. The van der Waals surface area contributed by atoms with Gasteiger partial charge in [-0.25, -0.2) is 0 Å². The van der Waals surface area contributed by atoms with E-state index in [4.69, 9.17) is 9.97 Å². The van der Waals surface area contributed by atoms with Gasteiger partial charge in [0.1, 0.15) is 0 Å². The fraction of sp³-hybridized carbons (Fsp3) is 0.130. The lowest BCUT2D eigenvalue weighted by Gasteiger charge is -2.35. The molecule has 0 amide bonds. The Morgan fingerprint density at radius 2 is 1.50 bits per heavy atom. The van der Waals surface area contributed by atoms with Crippen molar-refractivity contribution in [3.05, 3.63) is 106 Å². The molecule has 2 heterocycles. The third kappa shape index (κ3) is 1.58. The zero-order chi connectivity index (χ0) is 17.3. The van der Waals surface area contributed by atoms with Crippen LogP contribution in [-0.4, -0.2) is 9.97 Å². The smallest absolute Gasteiger partial charge is 0.0934 e. The van der Waals surface area contributed by atoms with Crippen molar-refractivity contribution in [2.75, 3.05) is 0 Å². The van der Waals surface area contributed by atoms with Crippen molar-refractivity contribution in [1.82, 2.24) is 9.97 Å². The molecule has 3 aromatic rings. The van der Waals surface area contributed by atoms with Gasteiger partial charge in [-0.05, 0) is 46.5 Å². The molecule has 0 N–H and O–H groups in total. The van der Waals surface area contributed by atoms with Gasteiger partial charge in [0, 0.05) is 28.7 Å². The summed E-state index contributed by atoms with van der Waals surface area (Å²) in [4.78, 5) is 9.47. The van der Waals surface area contributed by atoms with Gasteiger partial charge in [-0.2, -0.15) is 0 Å². The summed E-state index contributed by atoms with van der Waals surface area (Å²) in [7, 11) is 0. The summed E-state index contributed by atoms with van der Waals surface area (Å²) < 4.78 is 1.12. The van der Waals surface area contributed by atoms with Gasteiger partial charge in [0.25, 0.3) is 0 Å². The fourth-order valence-corrected chi connectivity index (χ4v) is 5.64. The zero-order valence-corrected chi connectivity index (χ0v) is 15.5. The van der Waals surface area contributed by atoms with E-state index in [9.17, 15) is 0 Å². The van der Waals surface area contributed by atoms with E-state index in [-0.39, 0.29) is 5.41 Å².